The first-order valence-electron chi connectivity index (χ1n) is 12.9. The molecular weight excluding hydrogens is 390 g/mol. The number of likely N-dealkylation sites (tertiary alicyclic amines) is 2. The van der Waals surface area contributed by atoms with Crippen molar-refractivity contribution in [2.45, 2.75) is 69.9 Å². The zero-order valence-corrected chi connectivity index (χ0v) is 20.3. The quantitative estimate of drug-likeness (QED) is 0.586. The van der Waals surface area contributed by atoms with E-state index in [1.54, 1.807) is 0 Å². The maximum Gasteiger partial charge on any atom is 0.0433 e. The van der Waals surface area contributed by atoms with E-state index in [0.29, 0.717) is 5.92 Å². The number of rotatable bonds is 8. The zero-order valence-electron chi connectivity index (χ0n) is 20.3. The van der Waals surface area contributed by atoms with Crippen LogP contribution in [0.2, 0.25) is 0 Å². The molecule has 32 heavy (non-hydrogen) atoms. The molecule has 0 radical (unpaired) electrons. The van der Waals surface area contributed by atoms with E-state index in [2.05, 4.69) is 84.3 Å². The van der Waals surface area contributed by atoms with Gasteiger partial charge in [0.15, 0.2) is 0 Å². The lowest BCUT2D eigenvalue weighted by molar-refractivity contribution is 0.0853. The Hall–Kier alpha value is -1.68. The molecule has 2 N–H and O–H groups in total. The Balaban J connectivity index is 1.19. The first kappa shape index (κ1) is 23.5. The van der Waals surface area contributed by atoms with Crippen LogP contribution in [0.15, 0.2) is 60.7 Å². The highest BCUT2D eigenvalue weighted by Gasteiger charge is 2.32. The Labute approximate surface area is 196 Å². The van der Waals surface area contributed by atoms with Crippen LogP contribution in [0, 0.1) is 5.92 Å². The lowest BCUT2D eigenvalue weighted by atomic mass is 9.77. The summed E-state index contributed by atoms with van der Waals surface area (Å²) < 4.78 is 0. The minimum atomic E-state index is -0.220. The number of hydrogen-bond acceptors (Lipinski definition) is 3. The van der Waals surface area contributed by atoms with Gasteiger partial charge in [-0.3, -0.25) is 0 Å². The van der Waals surface area contributed by atoms with Crippen LogP contribution in [0.3, 0.4) is 0 Å². The van der Waals surface area contributed by atoms with Crippen molar-refractivity contribution in [1.29, 1.82) is 0 Å². The van der Waals surface area contributed by atoms with Crippen molar-refractivity contribution in [2.24, 2.45) is 11.7 Å². The molecule has 4 rings (SSSR count). The second kappa shape index (κ2) is 11.0. The van der Waals surface area contributed by atoms with E-state index in [1.165, 1.54) is 76.0 Å². The van der Waals surface area contributed by atoms with Crippen LogP contribution in [0.25, 0.3) is 0 Å². The summed E-state index contributed by atoms with van der Waals surface area (Å²) in [5.74, 6) is 1.20. The maximum atomic E-state index is 6.93. The standard InChI is InChI=1S/C29H43N3/c1-24(2)29(30,27-12-7-4-8-13-27)18-9-19-31-20-16-28(17-21-31)32-22-14-26(15-23-32)25-10-5-3-6-11-25/h3-8,10-13,24,26,28H,9,14-23,30H2,1-2H3. The van der Waals surface area contributed by atoms with Gasteiger partial charge in [0.2, 0.25) is 0 Å². The Bertz CT molecular complexity index is 790. The van der Waals surface area contributed by atoms with Crippen LogP contribution >= 0.6 is 0 Å². The third-order valence-corrected chi connectivity index (χ3v) is 8.28. The van der Waals surface area contributed by atoms with Gasteiger partial charge in [-0.2, -0.15) is 0 Å². The van der Waals surface area contributed by atoms with Crippen LogP contribution < -0.4 is 5.73 Å². The minimum Gasteiger partial charge on any atom is -0.321 e. The molecule has 0 spiro atoms. The smallest absolute Gasteiger partial charge is 0.0433 e. The Morgan fingerprint density at radius 2 is 1.44 bits per heavy atom. The molecule has 3 nitrogen and oxygen atoms in total. The topological polar surface area (TPSA) is 32.5 Å². The van der Waals surface area contributed by atoms with Crippen molar-refractivity contribution in [2.75, 3.05) is 32.7 Å². The van der Waals surface area contributed by atoms with Crippen molar-refractivity contribution < 1.29 is 0 Å². The number of hydrogen-bond donors (Lipinski definition) is 1. The molecule has 2 aromatic rings. The maximum absolute atomic E-state index is 6.93. The predicted molar refractivity (Wildman–Crippen MR) is 136 cm³/mol. The molecule has 0 saturated carbocycles. The highest BCUT2D eigenvalue weighted by atomic mass is 15.2. The van der Waals surface area contributed by atoms with Gasteiger partial charge in [0.05, 0.1) is 0 Å². The van der Waals surface area contributed by atoms with Crippen molar-refractivity contribution in [1.82, 2.24) is 9.80 Å². The summed E-state index contributed by atoms with van der Waals surface area (Å²) in [5.41, 5.74) is 9.53. The molecule has 174 valence electrons. The molecule has 0 aromatic heterocycles. The van der Waals surface area contributed by atoms with E-state index < -0.39 is 0 Å². The number of nitrogens with zero attached hydrogens (tertiary/aromatic N) is 2. The fourth-order valence-corrected chi connectivity index (χ4v) is 5.94. The molecule has 2 aliphatic heterocycles. The Kier molecular flexibility index (Phi) is 8.04. The van der Waals surface area contributed by atoms with Crippen molar-refractivity contribution in [3.05, 3.63) is 71.8 Å². The van der Waals surface area contributed by atoms with Gasteiger partial charge in [-0.25, -0.2) is 0 Å². The van der Waals surface area contributed by atoms with Crippen LogP contribution in [-0.2, 0) is 5.54 Å². The molecular formula is C29H43N3. The Morgan fingerprint density at radius 3 is 2.03 bits per heavy atom. The van der Waals surface area contributed by atoms with E-state index in [1.807, 2.05) is 0 Å². The van der Waals surface area contributed by atoms with Crippen LogP contribution in [-0.4, -0.2) is 48.6 Å². The van der Waals surface area contributed by atoms with Gasteiger partial charge in [-0.1, -0.05) is 74.5 Å². The fourth-order valence-electron chi connectivity index (χ4n) is 5.94. The SMILES string of the molecule is CC(C)C(N)(CCCN1CCC(N2CCC(c3ccccc3)CC2)CC1)c1ccccc1. The fraction of sp³-hybridized carbons (Fsp3) is 0.586. The van der Waals surface area contributed by atoms with E-state index >= 15 is 0 Å². The minimum absolute atomic E-state index is 0.220. The second-order valence-electron chi connectivity index (χ2n) is 10.5. The van der Waals surface area contributed by atoms with Crippen LogP contribution in [0.4, 0.5) is 0 Å². The van der Waals surface area contributed by atoms with Gasteiger partial charge in [0.1, 0.15) is 0 Å². The van der Waals surface area contributed by atoms with E-state index in [0.717, 1.165) is 18.4 Å². The molecule has 2 aromatic carbocycles. The summed E-state index contributed by atoms with van der Waals surface area (Å²) in [6, 6.07) is 22.6. The third-order valence-electron chi connectivity index (χ3n) is 8.28. The van der Waals surface area contributed by atoms with Gasteiger partial charge >= 0.3 is 0 Å². The molecule has 2 saturated heterocycles. The van der Waals surface area contributed by atoms with Crippen LogP contribution in [0.5, 0.6) is 0 Å². The predicted octanol–water partition coefficient (Wildman–Crippen LogP) is 5.62. The van der Waals surface area contributed by atoms with Gasteiger partial charge in [0, 0.05) is 11.6 Å². The lowest BCUT2D eigenvalue weighted by Gasteiger charge is -2.42. The molecule has 2 fully saturated rings. The first-order valence-corrected chi connectivity index (χ1v) is 12.9. The van der Waals surface area contributed by atoms with Crippen molar-refractivity contribution in [3.8, 4) is 0 Å². The Morgan fingerprint density at radius 1 is 0.844 bits per heavy atom. The number of nitrogens with two attached hydrogens (primary N) is 1. The van der Waals surface area contributed by atoms with Crippen molar-refractivity contribution >= 4 is 0 Å². The third kappa shape index (κ3) is 5.62. The molecule has 0 aliphatic carbocycles. The first-order chi connectivity index (χ1) is 15.6. The average Bonchev–Trinajstić information content (AvgIpc) is 2.85. The van der Waals surface area contributed by atoms with Crippen LogP contribution in [0.1, 0.15) is 69.4 Å². The molecule has 1 atom stereocenters. The number of piperidine rings is 2. The monoisotopic (exact) mass is 433 g/mol. The van der Waals surface area contributed by atoms with Gasteiger partial charge in [-0.15, -0.1) is 0 Å². The molecule has 1 unspecified atom stereocenters. The summed E-state index contributed by atoms with van der Waals surface area (Å²) in [7, 11) is 0. The van der Waals surface area contributed by atoms with E-state index in [-0.39, 0.29) is 5.54 Å². The zero-order chi connectivity index (χ0) is 22.4. The molecule has 2 aliphatic rings. The summed E-state index contributed by atoms with van der Waals surface area (Å²) in [4.78, 5) is 5.47. The highest BCUT2D eigenvalue weighted by molar-refractivity contribution is 5.24. The lowest BCUT2D eigenvalue weighted by Crippen LogP contribution is -2.48. The summed E-state index contributed by atoms with van der Waals surface area (Å²) in [6.45, 7) is 10.7. The molecule has 3 heteroatoms. The summed E-state index contributed by atoms with van der Waals surface area (Å²) in [6.07, 6.45) is 7.52. The van der Waals surface area contributed by atoms with Gasteiger partial charge in [-0.05, 0) is 94.2 Å². The van der Waals surface area contributed by atoms with E-state index in [4.69, 9.17) is 5.73 Å². The highest BCUT2D eigenvalue weighted by Crippen LogP contribution is 2.33. The molecule has 0 amide bonds. The molecule has 0 bridgehead atoms. The van der Waals surface area contributed by atoms with Gasteiger partial charge in [0.25, 0.3) is 0 Å². The normalized spacial score (nSPS) is 21.6. The van der Waals surface area contributed by atoms with Crippen molar-refractivity contribution in [3.63, 3.8) is 0 Å². The second-order valence-corrected chi connectivity index (χ2v) is 10.5. The molecule has 2 heterocycles. The van der Waals surface area contributed by atoms with E-state index in [9.17, 15) is 0 Å². The largest absolute Gasteiger partial charge is 0.321 e. The average molecular weight is 434 g/mol. The van der Waals surface area contributed by atoms with Gasteiger partial charge < -0.3 is 15.5 Å². The summed E-state index contributed by atoms with van der Waals surface area (Å²) in [5, 5.41) is 0. The number of benzene rings is 2. The summed E-state index contributed by atoms with van der Waals surface area (Å²) >= 11 is 0.